The first-order valence-corrected chi connectivity index (χ1v) is 10.1. The molecule has 164 valence electrons. The number of hydrogen-bond acceptors (Lipinski definition) is 5. The predicted molar refractivity (Wildman–Crippen MR) is 110 cm³/mol. The topological polar surface area (TPSA) is 87.0 Å². The number of nitrogens with zero attached hydrogens (tertiary/aromatic N) is 2. The van der Waals surface area contributed by atoms with Gasteiger partial charge in [-0.2, -0.15) is 0 Å². The fraction of sp³-hybridized carbons (Fsp3) is 0.348. The summed E-state index contributed by atoms with van der Waals surface area (Å²) in [5, 5.41) is 13.3. The molecule has 7 nitrogen and oxygen atoms in total. The summed E-state index contributed by atoms with van der Waals surface area (Å²) in [6.45, 7) is 4.42. The number of amides is 1. The van der Waals surface area contributed by atoms with Crippen molar-refractivity contribution in [2.24, 2.45) is 0 Å². The first-order chi connectivity index (χ1) is 14.7. The van der Waals surface area contributed by atoms with E-state index in [0.29, 0.717) is 18.7 Å². The van der Waals surface area contributed by atoms with Crippen molar-refractivity contribution in [3.63, 3.8) is 0 Å². The monoisotopic (exact) mass is 427 g/mol. The number of benzene rings is 1. The summed E-state index contributed by atoms with van der Waals surface area (Å²) >= 11 is 0. The van der Waals surface area contributed by atoms with Crippen molar-refractivity contribution in [1.82, 2.24) is 9.88 Å². The van der Waals surface area contributed by atoms with E-state index >= 15 is 0 Å². The van der Waals surface area contributed by atoms with E-state index in [0.717, 1.165) is 11.0 Å². The molecule has 1 aromatic heterocycles. The van der Waals surface area contributed by atoms with Crippen LogP contribution in [0.5, 0.6) is 5.75 Å². The second kappa shape index (κ2) is 9.26. The van der Waals surface area contributed by atoms with Crippen molar-refractivity contribution >= 4 is 17.4 Å². The summed E-state index contributed by atoms with van der Waals surface area (Å²) in [6.07, 6.45) is 2.85. The van der Waals surface area contributed by atoms with Gasteiger partial charge in [0.05, 0.1) is 39.3 Å². The Morgan fingerprint density at radius 2 is 1.90 bits per heavy atom. The third kappa shape index (κ3) is 4.74. The van der Waals surface area contributed by atoms with E-state index in [1.807, 2.05) is 14.1 Å². The number of carbonyl (C=O) groups is 2. The number of hydrogen-bond donors (Lipinski definition) is 1. The van der Waals surface area contributed by atoms with E-state index in [1.54, 1.807) is 26.0 Å². The van der Waals surface area contributed by atoms with Gasteiger partial charge in [-0.25, -0.2) is 4.39 Å². The molecule has 2 aromatic rings. The minimum absolute atomic E-state index is 0.0103. The van der Waals surface area contributed by atoms with Gasteiger partial charge in [0.15, 0.2) is 11.6 Å². The highest BCUT2D eigenvalue weighted by molar-refractivity contribution is 6.46. The van der Waals surface area contributed by atoms with Gasteiger partial charge in [0.25, 0.3) is 5.91 Å². The number of ether oxygens (including phenoxy) is 1. The average molecular weight is 427 g/mol. The lowest BCUT2D eigenvalue weighted by atomic mass is 9.96. The molecule has 1 aromatic carbocycles. The fourth-order valence-corrected chi connectivity index (χ4v) is 3.48. The number of likely N-dealkylation sites (N-methyl/N-ethyl adjacent to an activating group) is 1. The molecule has 0 saturated carbocycles. The summed E-state index contributed by atoms with van der Waals surface area (Å²) in [6, 6.07) is 6.30. The van der Waals surface area contributed by atoms with E-state index in [4.69, 9.17) is 4.74 Å². The highest BCUT2D eigenvalue weighted by atomic mass is 19.1. The summed E-state index contributed by atoms with van der Waals surface area (Å²) in [5.41, 5.74) is 0.414. The van der Waals surface area contributed by atoms with Gasteiger partial charge in [0, 0.05) is 18.0 Å². The van der Waals surface area contributed by atoms with Crippen LogP contribution < -0.4 is 14.7 Å². The quantitative estimate of drug-likeness (QED) is 0.392. The van der Waals surface area contributed by atoms with Crippen LogP contribution in [0.4, 0.5) is 4.39 Å². The Bertz CT molecular complexity index is 1010. The molecule has 31 heavy (non-hydrogen) atoms. The fourth-order valence-electron chi connectivity index (χ4n) is 3.48. The van der Waals surface area contributed by atoms with Gasteiger partial charge in [0.1, 0.15) is 0 Å². The van der Waals surface area contributed by atoms with Gasteiger partial charge < -0.3 is 19.6 Å². The minimum Gasteiger partial charge on any atom is -0.872 e. The molecule has 0 aliphatic carbocycles. The van der Waals surface area contributed by atoms with Gasteiger partial charge in [-0.3, -0.25) is 14.6 Å². The Morgan fingerprint density at radius 3 is 2.48 bits per heavy atom. The molecule has 0 spiro atoms. The molecular formula is C23H26FN3O4. The largest absolute Gasteiger partial charge is 0.872 e. The normalized spacial score (nSPS) is 18.3. The average Bonchev–Trinajstić information content (AvgIpc) is 2.98. The third-order valence-electron chi connectivity index (χ3n) is 4.96. The number of rotatable bonds is 7. The molecule has 1 fully saturated rings. The minimum atomic E-state index is -0.858. The Kier molecular flexibility index (Phi) is 6.70. The standard InChI is InChI=1S/C23H26FN3O4/c1-14(2)31-18-6-5-16(13-17(18)24)21(28)19-20(15-7-9-25-10-8-15)27(12-11-26(3)4)23(30)22(19)29/h5-10,13-14,20,28H,11-12H2,1-4H3. The van der Waals surface area contributed by atoms with Crippen LogP contribution in [0, 0.1) is 5.82 Å². The van der Waals surface area contributed by atoms with E-state index < -0.39 is 29.3 Å². The zero-order chi connectivity index (χ0) is 22.7. The van der Waals surface area contributed by atoms with Gasteiger partial charge in [-0.05, 0) is 49.2 Å². The van der Waals surface area contributed by atoms with Crippen molar-refractivity contribution in [3.05, 3.63) is 65.2 Å². The first-order valence-electron chi connectivity index (χ1n) is 10.1. The molecule has 1 N–H and O–H groups in total. The molecule has 3 rings (SSSR count). The van der Waals surface area contributed by atoms with Crippen LogP contribution in [-0.2, 0) is 9.59 Å². The van der Waals surface area contributed by atoms with Gasteiger partial charge in [0.2, 0.25) is 5.78 Å². The van der Waals surface area contributed by atoms with Gasteiger partial charge in [-0.15, -0.1) is 0 Å². The lowest BCUT2D eigenvalue weighted by Crippen LogP contribution is -3.06. The van der Waals surface area contributed by atoms with E-state index in [1.165, 1.54) is 29.4 Å². The maximum atomic E-state index is 14.5. The van der Waals surface area contributed by atoms with Crippen molar-refractivity contribution in [2.75, 3.05) is 27.2 Å². The van der Waals surface area contributed by atoms with Gasteiger partial charge in [-0.1, -0.05) is 11.8 Å². The maximum absolute atomic E-state index is 14.5. The molecule has 1 saturated heterocycles. The Balaban J connectivity index is 2.09. The van der Waals surface area contributed by atoms with E-state index in [9.17, 15) is 19.1 Å². The predicted octanol–water partition coefficient (Wildman–Crippen LogP) is 0.376. The molecule has 1 atom stereocenters. The molecule has 1 aliphatic heterocycles. The van der Waals surface area contributed by atoms with Gasteiger partial charge >= 0.3 is 0 Å². The number of carbonyl (C=O) groups excluding carboxylic acids is 2. The maximum Gasteiger partial charge on any atom is 0.295 e. The summed E-state index contributed by atoms with van der Waals surface area (Å²) in [5.74, 6) is -2.94. The summed E-state index contributed by atoms with van der Waals surface area (Å²) < 4.78 is 19.9. The van der Waals surface area contributed by atoms with Crippen molar-refractivity contribution in [2.45, 2.75) is 26.0 Å². The second-order valence-electron chi connectivity index (χ2n) is 8.02. The Morgan fingerprint density at radius 1 is 1.23 bits per heavy atom. The van der Waals surface area contributed by atoms with Crippen molar-refractivity contribution in [1.29, 1.82) is 0 Å². The number of Topliss-reactive ketones (excluding diaryl/α,β-unsaturated/α-hetero) is 1. The Labute approximate surface area is 180 Å². The highest BCUT2D eigenvalue weighted by Gasteiger charge is 2.44. The molecule has 0 radical (unpaired) electrons. The van der Waals surface area contributed by atoms with Crippen LogP contribution in [0.1, 0.15) is 31.0 Å². The second-order valence-corrected chi connectivity index (χ2v) is 8.02. The van der Waals surface area contributed by atoms with E-state index in [-0.39, 0.29) is 23.0 Å². The Hall–Kier alpha value is -3.26. The summed E-state index contributed by atoms with van der Waals surface area (Å²) in [4.78, 5) is 32.1. The van der Waals surface area contributed by atoms with Crippen LogP contribution in [0.3, 0.4) is 0 Å². The number of quaternary nitrogens is 1. The summed E-state index contributed by atoms with van der Waals surface area (Å²) in [7, 11) is 3.87. The smallest absolute Gasteiger partial charge is 0.295 e. The number of likely N-dealkylation sites (tertiary alicyclic amines) is 1. The molecular weight excluding hydrogens is 401 g/mol. The number of nitrogens with one attached hydrogen (secondary N) is 1. The van der Waals surface area contributed by atoms with Crippen LogP contribution >= 0.6 is 0 Å². The number of ketones is 1. The van der Waals surface area contributed by atoms with Crippen molar-refractivity contribution in [3.8, 4) is 5.75 Å². The first kappa shape index (κ1) is 22.4. The molecule has 0 bridgehead atoms. The molecule has 2 heterocycles. The number of pyridine rings is 1. The SMILES string of the molecule is CC(C)Oc1ccc(C([O-])=C2C(=O)C(=O)N(CC[NH+](C)C)C2c2ccncc2)cc1F. The molecule has 1 unspecified atom stereocenters. The van der Waals surface area contributed by atoms with Crippen LogP contribution in [0.25, 0.3) is 5.76 Å². The van der Waals surface area contributed by atoms with Crippen molar-refractivity contribution < 1.29 is 28.7 Å². The lowest BCUT2D eigenvalue weighted by Gasteiger charge is -2.27. The zero-order valence-corrected chi connectivity index (χ0v) is 18.0. The van der Waals surface area contributed by atoms with Crippen LogP contribution in [0.15, 0.2) is 48.3 Å². The highest BCUT2D eigenvalue weighted by Crippen LogP contribution is 2.38. The third-order valence-corrected chi connectivity index (χ3v) is 4.96. The number of halogens is 1. The molecule has 1 aliphatic rings. The van der Waals surface area contributed by atoms with E-state index in [2.05, 4.69) is 4.98 Å². The van der Waals surface area contributed by atoms with Crippen LogP contribution in [-0.4, -0.2) is 54.9 Å². The molecule has 8 heteroatoms. The number of aromatic nitrogens is 1. The lowest BCUT2D eigenvalue weighted by molar-refractivity contribution is -0.857. The zero-order valence-electron chi connectivity index (χ0n) is 18.0. The molecule has 1 amide bonds. The van der Waals surface area contributed by atoms with Crippen LogP contribution in [0.2, 0.25) is 0 Å².